The maximum absolute atomic E-state index is 3.76. The Bertz CT molecular complexity index is 2830. The number of halogens is 1. The van der Waals surface area contributed by atoms with Crippen LogP contribution in [0, 0.1) is 0 Å². The molecular weight excluding hydrogens is 696 g/mol. The molecule has 0 radical (unpaired) electrons. The third kappa shape index (κ3) is 4.69. The van der Waals surface area contributed by atoms with Crippen molar-refractivity contribution in [2.75, 3.05) is 4.90 Å². The summed E-state index contributed by atoms with van der Waals surface area (Å²) in [6.45, 7) is 4.71. The second kappa shape index (κ2) is 11.8. The van der Waals surface area contributed by atoms with Gasteiger partial charge in [0, 0.05) is 43.4 Å². The van der Waals surface area contributed by atoms with Crippen LogP contribution in [0.2, 0.25) is 0 Å². The van der Waals surface area contributed by atoms with E-state index in [0.717, 1.165) is 27.2 Å². The van der Waals surface area contributed by atoms with Crippen LogP contribution >= 0.6 is 15.9 Å². The molecule has 8 aromatic carbocycles. The smallest absolute Gasteiger partial charge is 0.0542 e. The van der Waals surface area contributed by atoms with Crippen molar-refractivity contribution in [3.8, 4) is 27.9 Å². The normalized spacial score (nSPS) is 13.1. The lowest BCUT2D eigenvalue weighted by atomic mass is 9.82. The standard InChI is InChI=1S/C49H35BrN2/c1-49(2)44-19-8-6-14-39(44)40-28-26-36(31-45(40)49)51(34-24-22-32(23-25-34)37-16-10-18-41-38(37)17-11-20-46(41)50)35-27-29-48-43(30-35)42-15-7-9-21-47(42)52(48)33-12-4-3-5-13-33/h3-31H,1-2H3. The van der Waals surface area contributed by atoms with Crippen LogP contribution in [-0.4, -0.2) is 4.57 Å². The zero-order chi connectivity index (χ0) is 35.0. The van der Waals surface area contributed by atoms with Gasteiger partial charge in [-0.1, -0.05) is 139 Å². The quantitative estimate of drug-likeness (QED) is 0.171. The number of aromatic nitrogens is 1. The summed E-state index contributed by atoms with van der Waals surface area (Å²) in [4.78, 5) is 2.43. The van der Waals surface area contributed by atoms with Gasteiger partial charge in [-0.05, 0) is 111 Å². The van der Waals surface area contributed by atoms with Crippen molar-refractivity contribution in [1.29, 1.82) is 0 Å². The van der Waals surface area contributed by atoms with E-state index >= 15 is 0 Å². The Balaban J connectivity index is 1.17. The van der Waals surface area contributed by atoms with Crippen LogP contribution in [0.4, 0.5) is 17.1 Å². The number of rotatable bonds is 5. The van der Waals surface area contributed by atoms with Crippen molar-refractivity contribution in [2.45, 2.75) is 19.3 Å². The summed E-state index contributed by atoms with van der Waals surface area (Å²) in [6.07, 6.45) is 0. The van der Waals surface area contributed by atoms with Crippen molar-refractivity contribution < 1.29 is 0 Å². The monoisotopic (exact) mass is 730 g/mol. The summed E-state index contributed by atoms with van der Waals surface area (Å²) < 4.78 is 3.49. The number of nitrogens with zero attached hydrogens (tertiary/aromatic N) is 2. The lowest BCUT2D eigenvalue weighted by molar-refractivity contribution is 0.660. The van der Waals surface area contributed by atoms with Gasteiger partial charge in [-0.2, -0.15) is 0 Å². The van der Waals surface area contributed by atoms with Crippen molar-refractivity contribution in [3.05, 3.63) is 192 Å². The Morgan fingerprint density at radius 2 is 1.06 bits per heavy atom. The predicted molar refractivity (Wildman–Crippen MR) is 224 cm³/mol. The van der Waals surface area contributed by atoms with Gasteiger partial charge in [0.1, 0.15) is 0 Å². The van der Waals surface area contributed by atoms with E-state index in [1.807, 2.05) is 0 Å². The van der Waals surface area contributed by atoms with Crippen molar-refractivity contribution in [2.24, 2.45) is 0 Å². The highest BCUT2D eigenvalue weighted by Crippen LogP contribution is 2.51. The van der Waals surface area contributed by atoms with Gasteiger partial charge in [0.2, 0.25) is 0 Å². The van der Waals surface area contributed by atoms with E-state index < -0.39 is 0 Å². The highest BCUT2D eigenvalue weighted by molar-refractivity contribution is 9.10. The fourth-order valence-electron chi connectivity index (χ4n) is 8.55. The molecule has 248 valence electrons. The molecule has 0 saturated carbocycles. The first kappa shape index (κ1) is 30.9. The maximum atomic E-state index is 3.76. The topological polar surface area (TPSA) is 8.17 Å². The molecule has 0 atom stereocenters. The fourth-order valence-corrected chi connectivity index (χ4v) is 9.05. The number of benzene rings is 8. The molecule has 2 nitrogen and oxygen atoms in total. The molecule has 0 saturated heterocycles. The molecule has 0 fully saturated rings. The summed E-state index contributed by atoms with van der Waals surface area (Å²) in [6, 6.07) is 64.4. The lowest BCUT2D eigenvalue weighted by Gasteiger charge is -2.28. The maximum Gasteiger partial charge on any atom is 0.0542 e. The summed E-state index contributed by atoms with van der Waals surface area (Å²) in [7, 11) is 0. The number of para-hydroxylation sites is 2. The molecule has 1 heterocycles. The molecular formula is C49H35BrN2. The van der Waals surface area contributed by atoms with Crippen molar-refractivity contribution in [3.63, 3.8) is 0 Å². The molecule has 10 rings (SSSR count). The SMILES string of the molecule is CC1(C)c2ccccc2-c2ccc(N(c3ccc(-c4cccc5c(Br)cccc45)cc3)c3ccc4c(c3)c3ccccc3n4-c3ccccc3)cc21. The van der Waals surface area contributed by atoms with E-state index in [-0.39, 0.29) is 5.41 Å². The highest BCUT2D eigenvalue weighted by Gasteiger charge is 2.35. The zero-order valence-corrected chi connectivity index (χ0v) is 30.6. The molecule has 52 heavy (non-hydrogen) atoms. The highest BCUT2D eigenvalue weighted by atomic mass is 79.9. The van der Waals surface area contributed by atoms with Crippen LogP contribution in [0.3, 0.4) is 0 Å². The van der Waals surface area contributed by atoms with E-state index in [1.54, 1.807) is 0 Å². The number of hydrogen-bond acceptors (Lipinski definition) is 1. The average Bonchev–Trinajstić information content (AvgIpc) is 3.64. The number of fused-ring (bicyclic) bond motifs is 7. The fraction of sp³-hybridized carbons (Fsp3) is 0.0612. The molecule has 0 spiro atoms. The molecule has 0 unspecified atom stereocenters. The van der Waals surface area contributed by atoms with Gasteiger partial charge in [-0.3, -0.25) is 0 Å². The van der Waals surface area contributed by atoms with Crippen LogP contribution in [0.15, 0.2) is 180 Å². The first-order chi connectivity index (χ1) is 25.5. The minimum Gasteiger partial charge on any atom is -0.310 e. The second-order valence-corrected chi connectivity index (χ2v) is 15.2. The third-order valence-corrected chi connectivity index (χ3v) is 11.8. The Kier molecular flexibility index (Phi) is 7.03. The van der Waals surface area contributed by atoms with Gasteiger partial charge >= 0.3 is 0 Å². The summed E-state index contributed by atoms with van der Waals surface area (Å²) >= 11 is 3.76. The van der Waals surface area contributed by atoms with Crippen LogP contribution in [-0.2, 0) is 5.41 Å². The molecule has 1 aromatic heterocycles. The van der Waals surface area contributed by atoms with Crippen molar-refractivity contribution in [1.82, 2.24) is 4.57 Å². The molecule has 0 N–H and O–H groups in total. The summed E-state index contributed by atoms with van der Waals surface area (Å²) in [5.74, 6) is 0. The van der Waals surface area contributed by atoms with Crippen LogP contribution in [0.5, 0.6) is 0 Å². The first-order valence-corrected chi connectivity index (χ1v) is 18.7. The Labute approximate surface area is 312 Å². The summed E-state index contributed by atoms with van der Waals surface area (Å²) in [5.41, 5.74) is 14.7. The lowest BCUT2D eigenvalue weighted by Crippen LogP contribution is -2.16. The van der Waals surface area contributed by atoms with Gasteiger partial charge in [-0.25, -0.2) is 0 Å². The minimum absolute atomic E-state index is 0.104. The van der Waals surface area contributed by atoms with Gasteiger partial charge in [0.15, 0.2) is 0 Å². The van der Waals surface area contributed by atoms with E-state index in [1.165, 1.54) is 66.0 Å². The van der Waals surface area contributed by atoms with Crippen molar-refractivity contribution >= 4 is 65.6 Å². The molecule has 3 heteroatoms. The largest absolute Gasteiger partial charge is 0.310 e. The second-order valence-electron chi connectivity index (χ2n) is 14.3. The summed E-state index contributed by atoms with van der Waals surface area (Å²) in [5, 5.41) is 4.93. The molecule has 9 aromatic rings. The molecule has 0 aliphatic heterocycles. The molecule has 0 amide bonds. The first-order valence-electron chi connectivity index (χ1n) is 17.9. The zero-order valence-electron chi connectivity index (χ0n) is 29.0. The molecule has 1 aliphatic rings. The third-order valence-electron chi connectivity index (χ3n) is 11.1. The van der Waals surface area contributed by atoms with E-state index in [4.69, 9.17) is 0 Å². The Morgan fingerprint density at radius 1 is 0.442 bits per heavy atom. The Hall–Kier alpha value is -5.90. The number of hydrogen-bond donors (Lipinski definition) is 0. The van der Waals surface area contributed by atoms with Gasteiger partial charge in [0.05, 0.1) is 11.0 Å². The average molecular weight is 732 g/mol. The van der Waals surface area contributed by atoms with E-state index in [0.29, 0.717) is 0 Å². The Morgan fingerprint density at radius 3 is 1.92 bits per heavy atom. The van der Waals surface area contributed by atoms with Crippen LogP contribution in [0.25, 0.3) is 60.5 Å². The van der Waals surface area contributed by atoms with E-state index in [9.17, 15) is 0 Å². The van der Waals surface area contributed by atoms with Gasteiger partial charge in [-0.15, -0.1) is 0 Å². The predicted octanol–water partition coefficient (Wildman–Crippen LogP) is 14.1. The molecule has 0 bridgehead atoms. The van der Waals surface area contributed by atoms with Crippen LogP contribution in [0.1, 0.15) is 25.0 Å². The number of anilines is 3. The van der Waals surface area contributed by atoms with Gasteiger partial charge in [0.25, 0.3) is 0 Å². The van der Waals surface area contributed by atoms with Gasteiger partial charge < -0.3 is 9.47 Å². The minimum atomic E-state index is -0.104. The molecule has 1 aliphatic carbocycles. The van der Waals surface area contributed by atoms with E-state index in [2.05, 4.69) is 215 Å². The van der Waals surface area contributed by atoms with Crippen LogP contribution < -0.4 is 4.90 Å².